The van der Waals surface area contributed by atoms with Crippen LogP contribution in [0.5, 0.6) is 0 Å². The average molecular weight is 283 g/mol. The maximum atomic E-state index is 6.09. The number of hydrogen-bond acceptors (Lipinski definition) is 3. The first-order valence-electron chi connectivity index (χ1n) is 7.61. The van der Waals surface area contributed by atoms with E-state index in [-0.39, 0.29) is 6.04 Å². The van der Waals surface area contributed by atoms with E-state index < -0.39 is 0 Å². The van der Waals surface area contributed by atoms with E-state index in [0.29, 0.717) is 5.82 Å². The number of nitrogen functional groups attached to an aromatic ring is 1. The van der Waals surface area contributed by atoms with E-state index in [2.05, 4.69) is 61.4 Å². The van der Waals surface area contributed by atoms with Crippen molar-refractivity contribution in [3.05, 3.63) is 58.8 Å². The minimum Gasteiger partial charge on any atom is -0.383 e. The summed E-state index contributed by atoms with van der Waals surface area (Å²) in [5, 5.41) is 3.60. The number of aromatic nitrogens is 1. The molecule has 0 spiro atoms. The van der Waals surface area contributed by atoms with Crippen molar-refractivity contribution >= 4 is 5.82 Å². The van der Waals surface area contributed by atoms with Crippen molar-refractivity contribution in [2.24, 2.45) is 0 Å². The zero-order valence-corrected chi connectivity index (χ0v) is 13.2. The van der Waals surface area contributed by atoms with Crippen LogP contribution in [0.25, 0.3) is 0 Å². The molecule has 0 aliphatic rings. The predicted octanol–water partition coefficient (Wildman–Crippen LogP) is 3.56. The Bertz CT molecular complexity index is 593. The van der Waals surface area contributed by atoms with Gasteiger partial charge in [-0.15, -0.1) is 0 Å². The second kappa shape index (κ2) is 7.23. The molecule has 2 aromatic rings. The van der Waals surface area contributed by atoms with Crippen LogP contribution in [0, 0.1) is 13.8 Å². The Hall–Kier alpha value is -1.87. The number of aryl methyl sites for hydroxylation is 2. The van der Waals surface area contributed by atoms with Crippen LogP contribution in [-0.4, -0.2) is 11.5 Å². The first kappa shape index (κ1) is 15.5. The van der Waals surface area contributed by atoms with Gasteiger partial charge in [-0.25, -0.2) is 4.98 Å². The van der Waals surface area contributed by atoms with E-state index in [9.17, 15) is 0 Å². The maximum absolute atomic E-state index is 6.09. The molecule has 1 unspecified atom stereocenters. The van der Waals surface area contributed by atoms with E-state index in [1.54, 1.807) is 0 Å². The molecule has 0 aliphatic carbocycles. The van der Waals surface area contributed by atoms with Gasteiger partial charge in [0.15, 0.2) is 0 Å². The fourth-order valence-electron chi connectivity index (χ4n) is 2.57. The third-order valence-corrected chi connectivity index (χ3v) is 3.62. The third-order valence-electron chi connectivity index (χ3n) is 3.62. The highest BCUT2D eigenvalue weighted by Crippen LogP contribution is 2.24. The molecule has 21 heavy (non-hydrogen) atoms. The number of nitrogens with zero attached hydrogens (tertiary/aromatic N) is 1. The zero-order valence-electron chi connectivity index (χ0n) is 13.2. The SMILES string of the molecule is CCCNC(Cc1cccc(C)c1)c1cc(C)cnc1N. The number of anilines is 1. The molecule has 0 aliphatic heterocycles. The first-order chi connectivity index (χ1) is 10.1. The zero-order chi connectivity index (χ0) is 15.2. The molecule has 1 heterocycles. The molecule has 1 aromatic carbocycles. The van der Waals surface area contributed by atoms with Gasteiger partial charge in [-0.1, -0.05) is 36.8 Å². The quantitative estimate of drug-likeness (QED) is 0.852. The lowest BCUT2D eigenvalue weighted by Crippen LogP contribution is -2.25. The van der Waals surface area contributed by atoms with Gasteiger partial charge in [-0.05, 0) is 50.4 Å². The molecule has 1 atom stereocenters. The maximum Gasteiger partial charge on any atom is 0.128 e. The fourth-order valence-corrected chi connectivity index (χ4v) is 2.57. The molecule has 0 fully saturated rings. The van der Waals surface area contributed by atoms with Crippen LogP contribution in [-0.2, 0) is 6.42 Å². The van der Waals surface area contributed by atoms with Crippen LogP contribution in [0.2, 0.25) is 0 Å². The standard InChI is InChI=1S/C18H25N3/c1-4-8-20-17(11-15-7-5-6-13(2)9-15)16-10-14(3)12-21-18(16)19/h5-7,9-10,12,17,20H,4,8,11H2,1-3H3,(H2,19,21). The van der Waals surface area contributed by atoms with Gasteiger partial charge < -0.3 is 11.1 Å². The molecule has 3 N–H and O–H groups in total. The Morgan fingerprint density at radius 2 is 2.00 bits per heavy atom. The predicted molar refractivity (Wildman–Crippen MR) is 89.3 cm³/mol. The minimum atomic E-state index is 0.208. The summed E-state index contributed by atoms with van der Waals surface area (Å²) < 4.78 is 0. The number of pyridine rings is 1. The fraction of sp³-hybridized carbons (Fsp3) is 0.389. The number of benzene rings is 1. The molecule has 0 saturated carbocycles. The normalized spacial score (nSPS) is 12.3. The summed E-state index contributed by atoms with van der Waals surface area (Å²) in [7, 11) is 0. The van der Waals surface area contributed by atoms with E-state index in [4.69, 9.17) is 5.73 Å². The van der Waals surface area contributed by atoms with E-state index >= 15 is 0 Å². The van der Waals surface area contributed by atoms with Crippen LogP contribution in [0.1, 0.15) is 41.6 Å². The van der Waals surface area contributed by atoms with Crippen LogP contribution in [0.15, 0.2) is 36.5 Å². The molecule has 0 saturated heterocycles. The Morgan fingerprint density at radius 3 is 2.71 bits per heavy atom. The van der Waals surface area contributed by atoms with Gasteiger partial charge in [0, 0.05) is 17.8 Å². The lowest BCUT2D eigenvalue weighted by Gasteiger charge is -2.21. The first-order valence-corrected chi connectivity index (χ1v) is 7.61. The second-order valence-corrected chi connectivity index (χ2v) is 5.69. The highest BCUT2D eigenvalue weighted by Gasteiger charge is 2.15. The van der Waals surface area contributed by atoms with Gasteiger partial charge in [0.1, 0.15) is 5.82 Å². The smallest absolute Gasteiger partial charge is 0.128 e. The number of rotatable bonds is 6. The van der Waals surface area contributed by atoms with Crippen molar-refractivity contribution in [3.8, 4) is 0 Å². The van der Waals surface area contributed by atoms with Crippen molar-refractivity contribution in [3.63, 3.8) is 0 Å². The number of nitrogens with one attached hydrogen (secondary N) is 1. The summed E-state index contributed by atoms with van der Waals surface area (Å²) in [5.41, 5.74) is 11.0. The summed E-state index contributed by atoms with van der Waals surface area (Å²) in [6.45, 7) is 7.33. The number of hydrogen-bond donors (Lipinski definition) is 2. The molecule has 0 amide bonds. The summed E-state index contributed by atoms with van der Waals surface area (Å²) in [4.78, 5) is 4.30. The Balaban J connectivity index is 2.27. The molecule has 112 valence electrons. The van der Waals surface area contributed by atoms with Crippen molar-refractivity contribution in [1.82, 2.24) is 10.3 Å². The molecule has 0 radical (unpaired) electrons. The van der Waals surface area contributed by atoms with Crippen LogP contribution in [0.3, 0.4) is 0 Å². The highest BCUT2D eigenvalue weighted by atomic mass is 14.9. The molecular weight excluding hydrogens is 258 g/mol. The summed E-state index contributed by atoms with van der Waals surface area (Å²) in [5.74, 6) is 0.627. The van der Waals surface area contributed by atoms with Crippen LogP contribution in [0.4, 0.5) is 5.82 Å². The van der Waals surface area contributed by atoms with Crippen molar-refractivity contribution in [2.45, 2.75) is 39.7 Å². The third kappa shape index (κ3) is 4.30. The summed E-state index contributed by atoms with van der Waals surface area (Å²) in [6.07, 6.45) is 3.85. The van der Waals surface area contributed by atoms with E-state index in [1.165, 1.54) is 11.1 Å². The average Bonchev–Trinajstić information content (AvgIpc) is 2.46. The molecule has 0 bridgehead atoms. The molecule has 2 rings (SSSR count). The van der Waals surface area contributed by atoms with Gasteiger partial charge in [0.2, 0.25) is 0 Å². The molecule has 1 aromatic heterocycles. The van der Waals surface area contributed by atoms with Crippen molar-refractivity contribution in [2.75, 3.05) is 12.3 Å². The Morgan fingerprint density at radius 1 is 1.19 bits per heavy atom. The van der Waals surface area contributed by atoms with E-state index in [1.807, 2.05) is 6.20 Å². The highest BCUT2D eigenvalue weighted by molar-refractivity contribution is 5.43. The van der Waals surface area contributed by atoms with Gasteiger partial charge >= 0.3 is 0 Å². The van der Waals surface area contributed by atoms with Crippen LogP contribution >= 0.6 is 0 Å². The summed E-state index contributed by atoms with van der Waals surface area (Å²) in [6, 6.07) is 11.0. The molecule has 3 nitrogen and oxygen atoms in total. The van der Waals surface area contributed by atoms with Gasteiger partial charge in [-0.2, -0.15) is 0 Å². The van der Waals surface area contributed by atoms with Gasteiger partial charge in [-0.3, -0.25) is 0 Å². The van der Waals surface area contributed by atoms with Crippen molar-refractivity contribution < 1.29 is 0 Å². The lowest BCUT2D eigenvalue weighted by molar-refractivity contribution is 0.529. The van der Waals surface area contributed by atoms with Gasteiger partial charge in [0.25, 0.3) is 0 Å². The van der Waals surface area contributed by atoms with Gasteiger partial charge in [0.05, 0.1) is 0 Å². The van der Waals surface area contributed by atoms with Crippen molar-refractivity contribution in [1.29, 1.82) is 0 Å². The number of nitrogens with two attached hydrogens (primary N) is 1. The molecule has 3 heteroatoms. The Labute approximate surface area is 127 Å². The minimum absolute atomic E-state index is 0.208. The largest absolute Gasteiger partial charge is 0.383 e. The second-order valence-electron chi connectivity index (χ2n) is 5.69. The molecular formula is C18H25N3. The Kier molecular flexibility index (Phi) is 5.34. The monoisotopic (exact) mass is 283 g/mol. The van der Waals surface area contributed by atoms with Crippen LogP contribution < -0.4 is 11.1 Å². The lowest BCUT2D eigenvalue weighted by atomic mass is 9.97. The summed E-state index contributed by atoms with van der Waals surface area (Å²) >= 11 is 0. The van der Waals surface area contributed by atoms with E-state index in [0.717, 1.165) is 30.5 Å². The topological polar surface area (TPSA) is 50.9 Å².